The summed E-state index contributed by atoms with van der Waals surface area (Å²) in [4.78, 5) is 5.05. The van der Waals surface area contributed by atoms with Crippen molar-refractivity contribution < 1.29 is 0 Å². The first-order valence-corrected chi connectivity index (χ1v) is 27.9. The van der Waals surface area contributed by atoms with E-state index in [1.54, 1.807) is 0 Å². The summed E-state index contributed by atoms with van der Waals surface area (Å²) in [5, 5.41) is 13.3. The number of benzene rings is 10. The van der Waals surface area contributed by atoms with E-state index in [1.807, 2.05) is 0 Å². The van der Waals surface area contributed by atoms with Crippen molar-refractivity contribution >= 4 is 103 Å². The zero-order valence-electron chi connectivity index (χ0n) is 35.5. The van der Waals surface area contributed by atoms with Crippen molar-refractivity contribution in [3.8, 4) is 22.3 Å². The standard InChI is InChI=1S/C58H46N2Si2/c1-61(2)53-26-14-10-22-49(53)59(50-23-11-15-27-54(50)61)43-33-35-46-47(37-43)57(40-19-6-5-7-20-40)45-34-32-44(38-48(45)58(46)42-31-30-39-18-8-9-21-41(39)36-42)60-51-24-12-16-28-55(51)62(3,4)56-29-17-13-25-52(56)60/h5-38H,1-4H3. The molecule has 0 fully saturated rings. The Morgan fingerprint density at radius 1 is 0.290 bits per heavy atom. The SMILES string of the molecule is C[Si]1(C)c2ccccc2N(c2ccc3c(-c4ccc5ccccc5c4)c4cc(N5c6ccccc6[Si](C)(C)c6ccccc65)ccc4c(-c4ccccc4)c3c2)c2ccccc21. The average molecular weight is 827 g/mol. The number of rotatable bonds is 4. The number of hydrogen-bond donors (Lipinski definition) is 0. The van der Waals surface area contributed by atoms with Crippen molar-refractivity contribution in [2.24, 2.45) is 0 Å². The molecule has 2 nitrogen and oxygen atoms in total. The van der Waals surface area contributed by atoms with Gasteiger partial charge in [0.1, 0.15) is 16.1 Å². The fourth-order valence-corrected chi connectivity index (χ4v) is 16.9. The van der Waals surface area contributed by atoms with Crippen LogP contribution in [-0.4, -0.2) is 16.1 Å². The zero-order valence-corrected chi connectivity index (χ0v) is 37.5. The van der Waals surface area contributed by atoms with Crippen molar-refractivity contribution in [2.75, 3.05) is 9.80 Å². The van der Waals surface area contributed by atoms with Gasteiger partial charge in [0, 0.05) is 34.1 Å². The van der Waals surface area contributed by atoms with E-state index in [0.29, 0.717) is 0 Å². The minimum atomic E-state index is -1.95. The summed E-state index contributed by atoms with van der Waals surface area (Å²) in [5.74, 6) is 0. The quantitative estimate of drug-likeness (QED) is 0.129. The van der Waals surface area contributed by atoms with Crippen LogP contribution in [0, 0.1) is 0 Å². The first-order chi connectivity index (χ1) is 30.3. The van der Waals surface area contributed by atoms with Crippen molar-refractivity contribution in [1.82, 2.24) is 0 Å². The lowest BCUT2D eigenvalue weighted by atomic mass is 9.85. The van der Waals surface area contributed by atoms with Crippen molar-refractivity contribution in [3.05, 3.63) is 206 Å². The lowest BCUT2D eigenvalue weighted by Gasteiger charge is -2.41. The van der Waals surface area contributed by atoms with Crippen LogP contribution in [0.4, 0.5) is 34.1 Å². The van der Waals surface area contributed by atoms with Crippen LogP contribution in [-0.2, 0) is 0 Å². The van der Waals surface area contributed by atoms with E-state index in [1.165, 1.54) is 109 Å². The molecule has 0 saturated heterocycles. The Morgan fingerprint density at radius 3 is 1.15 bits per heavy atom. The lowest BCUT2D eigenvalue weighted by Crippen LogP contribution is -2.58. The Bertz CT molecular complexity index is 3340. The second kappa shape index (κ2) is 13.8. The van der Waals surface area contributed by atoms with Gasteiger partial charge in [0.05, 0.1) is 0 Å². The summed E-state index contributed by atoms with van der Waals surface area (Å²) >= 11 is 0. The van der Waals surface area contributed by atoms with Gasteiger partial charge < -0.3 is 9.80 Å². The second-order valence-corrected chi connectivity index (χ2v) is 26.8. The molecular formula is C58H46N2Si2. The predicted octanol–water partition coefficient (Wildman–Crippen LogP) is 13.7. The van der Waals surface area contributed by atoms with E-state index in [0.717, 1.165) is 0 Å². The van der Waals surface area contributed by atoms with Crippen LogP contribution in [0.15, 0.2) is 206 Å². The smallest absolute Gasteiger partial charge is 0.117 e. The molecule has 0 atom stereocenters. The summed E-state index contributed by atoms with van der Waals surface area (Å²) in [5.41, 5.74) is 12.5. The number of para-hydroxylation sites is 4. The Kier molecular flexibility index (Phi) is 8.18. The molecule has 2 aliphatic rings. The first kappa shape index (κ1) is 36.8. The van der Waals surface area contributed by atoms with E-state index in [4.69, 9.17) is 0 Å². The molecule has 0 saturated carbocycles. The van der Waals surface area contributed by atoms with Gasteiger partial charge >= 0.3 is 0 Å². The molecule has 0 aliphatic carbocycles. The second-order valence-electron chi connectivity index (χ2n) is 18.1. The molecule has 0 unspecified atom stereocenters. The number of nitrogens with zero attached hydrogens (tertiary/aromatic N) is 2. The van der Waals surface area contributed by atoms with E-state index >= 15 is 0 Å². The van der Waals surface area contributed by atoms with Gasteiger partial charge in [-0.25, -0.2) is 0 Å². The van der Waals surface area contributed by atoms with Gasteiger partial charge in [-0.05, 0) is 130 Å². The predicted molar refractivity (Wildman–Crippen MR) is 273 cm³/mol. The molecule has 62 heavy (non-hydrogen) atoms. The minimum absolute atomic E-state index is 1.17. The Labute approximate surface area is 366 Å². The maximum atomic E-state index is 2.53. The molecule has 0 bridgehead atoms. The average Bonchev–Trinajstić information content (AvgIpc) is 3.31. The molecule has 0 aromatic heterocycles. The molecule has 2 heterocycles. The van der Waals surface area contributed by atoms with E-state index in [9.17, 15) is 0 Å². The van der Waals surface area contributed by atoms with Crippen LogP contribution in [0.3, 0.4) is 0 Å². The molecular weight excluding hydrogens is 781 g/mol. The topological polar surface area (TPSA) is 6.48 Å². The molecule has 0 spiro atoms. The molecule has 10 aromatic rings. The van der Waals surface area contributed by atoms with Gasteiger partial charge in [0.15, 0.2) is 0 Å². The van der Waals surface area contributed by atoms with Gasteiger partial charge in [0.2, 0.25) is 0 Å². The number of hydrogen-bond acceptors (Lipinski definition) is 2. The molecule has 12 rings (SSSR count). The van der Waals surface area contributed by atoms with Gasteiger partial charge in [0.25, 0.3) is 0 Å². The van der Waals surface area contributed by atoms with E-state index in [-0.39, 0.29) is 0 Å². The summed E-state index contributed by atoms with van der Waals surface area (Å²) in [7, 11) is -3.91. The van der Waals surface area contributed by atoms with Crippen LogP contribution in [0.25, 0.3) is 54.6 Å². The van der Waals surface area contributed by atoms with Crippen molar-refractivity contribution in [1.29, 1.82) is 0 Å². The Balaban J connectivity index is 1.19. The van der Waals surface area contributed by atoms with Crippen LogP contribution >= 0.6 is 0 Å². The summed E-state index contributed by atoms with van der Waals surface area (Å²) < 4.78 is 0. The molecule has 4 heteroatoms. The van der Waals surface area contributed by atoms with Crippen LogP contribution < -0.4 is 30.5 Å². The molecule has 2 aliphatic heterocycles. The normalized spacial score (nSPS) is 14.6. The highest BCUT2D eigenvalue weighted by molar-refractivity contribution is 7.03. The third-order valence-corrected chi connectivity index (χ3v) is 21.1. The van der Waals surface area contributed by atoms with Crippen LogP contribution in [0.1, 0.15) is 0 Å². The van der Waals surface area contributed by atoms with Crippen LogP contribution in [0.2, 0.25) is 26.2 Å². The van der Waals surface area contributed by atoms with Crippen molar-refractivity contribution in [2.45, 2.75) is 26.2 Å². The van der Waals surface area contributed by atoms with Gasteiger partial charge in [-0.2, -0.15) is 0 Å². The fourth-order valence-electron chi connectivity index (χ4n) is 10.9. The van der Waals surface area contributed by atoms with Gasteiger partial charge in [-0.15, -0.1) is 0 Å². The van der Waals surface area contributed by atoms with E-state index in [2.05, 4.69) is 242 Å². The Hall–Kier alpha value is -6.99. The maximum absolute atomic E-state index is 2.53. The Morgan fingerprint density at radius 2 is 0.677 bits per heavy atom. The molecule has 10 aromatic carbocycles. The first-order valence-electron chi connectivity index (χ1n) is 21.9. The highest BCUT2D eigenvalue weighted by Crippen LogP contribution is 2.49. The highest BCUT2D eigenvalue weighted by Gasteiger charge is 2.40. The highest BCUT2D eigenvalue weighted by atomic mass is 28.3. The van der Waals surface area contributed by atoms with Crippen molar-refractivity contribution in [3.63, 3.8) is 0 Å². The molecule has 296 valence electrons. The van der Waals surface area contributed by atoms with E-state index < -0.39 is 16.1 Å². The zero-order chi connectivity index (χ0) is 41.7. The summed E-state index contributed by atoms with van der Waals surface area (Å²) in [6.07, 6.45) is 0. The number of anilines is 6. The van der Waals surface area contributed by atoms with Gasteiger partial charge in [-0.1, -0.05) is 178 Å². The third kappa shape index (κ3) is 5.40. The number of fused-ring (bicyclic) bond motifs is 7. The van der Waals surface area contributed by atoms with Crippen LogP contribution in [0.5, 0.6) is 0 Å². The van der Waals surface area contributed by atoms with Gasteiger partial charge in [-0.3, -0.25) is 0 Å². The largest absolute Gasteiger partial charge is 0.311 e. The lowest BCUT2D eigenvalue weighted by molar-refractivity contribution is 1.29. The maximum Gasteiger partial charge on any atom is 0.117 e. The molecule has 0 radical (unpaired) electrons. The minimum Gasteiger partial charge on any atom is -0.311 e. The molecule has 0 N–H and O–H groups in total. The molecule has 0 amide bonds. The fraction of sp³-hybridized carbons (Fsp3) is 0.0690. The third-order valence-electron chi connectivity index (χ3n) is 14.0. The summed E-state index contributed by atoms with van der Waals surface area (Å²) in [6.45, 7) is 9.99. The summed E-state index contributed by atoms with van der Waals surface area (Å²) in [6, 6.07) is 77.8. The monoisotopic (exact) mass is 826 g/mol.